The summed E-state index contributed by atoms with van der Waals surface area (Å²) in [6.45, 7) is 6.22. The molecule has 12 heavy (non-hydrogen) atoms. The van der Waals surface area contributed by atoms with E-state index in [0.29, 0.717) is 13.1 Å². The van der Waals surface area contributed by atoms with Gasteiger partial charge in [-0.15, -0.1) is 0 Å². The molecule has 0 aromatic heterocycles. The molecule has 4 N–H and O–H groups in total. The van der Waals surface area contributed by atoms with Crippen molar-refractivity contribution in [1.29, 1.82) is 0 Å². The standard InChI is InChI=1S/C9H22N2O/c1-3-5-9(2,12)8-11-7-4-6-10/h11-12H,3-8,10H2,1-2H3. The van der Waals surface area contributed by atoms with Crippen LogP contribution in [0.25, 0.3) is 0 Å². The van der Waals surface area contributed by atoms with Gasteiger partial charge in [-0.2, -0.15) is 0 Å². The summed E-state index contributed by atoms with van der Waals surface area (Å²) in [6.07, 6.45) is 2.84. The first kappa shape index (κ1) is 11.9. The monoisotopic (exact) mass is 174 g/mol. The predicted octanol–water partition coefficient (Wildman–Crippen LogP) is 0.476. The Morgan fingerprint density at radius 1 is 1.50 bits per heavy atom. The van der Waals surface area contributed by atoms with E-state index in [1.807, 2.05) is 6.92 Å². The van der Waals surface area contributed by atoms with Crippen molar-refractivity contribution < 1.29 is 5.11 Å². The highest BCUT2D eigenvalue weighted by Crippen LogP contribution is 2.09. The van der Waals surface area contributed by atoms with E-state index in [9.17, 15) is 5.11 Å². The van der Waals surface area contributed by atoms with Gasteiger partial charge in [-0.3, -0.25) is 0 Å². The van der Waals surface area contributed by atoms with Gasteiger partial charge in [0, 0.05) is 6.54 Å². The Bertz CT molecular complexity index is 105. The molecule has 0 fully saturated rings. The lowest BCUT2D eigenvalue weighted by atomic mass is 10.0. The summed E-state index contributed by atoms with van der Waals surface area (Å²) in [5.41, 5.74) is 4.78. The maximum atomic E-state index is 9.72. The van der Waals surface area contributed by atoms with E-state index in [-0.39, 0.29) is 0 Å². The Hall–Kier alpha value is -0.120. The minimum atomic E-state index is -0.552. The molecule has 0 aliphatic carbocycles. The second kappa shape index (κ2) is 6.40. The molecular formula is C9H22N2O. The summed E-state index contributed by atoms with van der Waals surface area (Å²) in [4.78, 5) is 0. The third kappa shape index (κ3) is 6.58. The fraction of sp³-hybridized carbons (Fsp3) is 1.00. The molecule has 0 heterocycles. The summed E-state index contributed by atoms with van der Waals surface area (Å²) in [5, 5.41) is 12.9. The van der Waals surface area contributed by atoms with E-state index in [4.69, 9.17) is 5.73 Å². The molecule has 0 spiro atoms. The van der Waals surface area contributed by atoms with Crippen molar-refractivity contribution in [3.63, 3.8) is 0 Å². The van der Waals surface area contributed by atoms with Crippen molar-refractivity contribution in [2.45, 2.75) is 38.7 Å². The van der Waals surface area contributed by atoms with Crippen LogP contribution in [0.2, 0.25) is 0 Å². The van der Waals surface area contributed by atoms with Crippen molar-refractivity contribution in [1.82, 2.24) is 5.32 Å². The Labute approximate surface area is 75.3 Å². The lowest BCUT2D eigenvalue weighted by Crippen LogP contribution is -2.38. The zero-order valence-electron chi connectivity index (χ0n) is 8.27. The second-order valence-corrected chi connectivity index (χ2v) is 3.57. The molecular weight excluding hydrogens is 152 g/mol. The first-order valence-corrected chi connectivity index (χ1v) is 4.75. The predicted molar refractivity (Wildman–Crippen MR) is 52.1 cm³/mol. The Morgan fingerprint density at radius 3 is 2.67 bits per heavy atom. The van der Waals surface area contributed by atoms with Gasteiger partial charge < -0.3 is 16.2 Å². The topological polar surface area (TPSA) is 58.3 Å². The molecule has 1 unspecified atom stereocenters. The van der Waals surface area contributed by atoms with Gasteiger partial charge in [-0.25, -0.2) is 0 Å². The number of hydrogen-bond donors (Lipinski definition) is 3. The fourth-order valence-corrected chi connectivity index (χ4v) is 1.21. The van der Waals surface area contributed by atoms with E-state index < -0.39 is 5.60 Å². The zero-order valence-corrected chi connectivity index (χ0v) is 8.27. The molecule has 0 saturated carbocycles. The normalized spacial score (nSPS) is 16.0. The molecule has 0 aromatic carbocycles. The minimum absolute atomic E-state index is 0.552. The summed E-state index contributed by atoms with van der Waals surface area (Å²) >= 11 is 0. The Balaban J connectivity index is 3.33. The first-order valence-electron chi connectivity index (χ1n) is 4.75. The molecule has 0 aliphatic rings. The van der Waals surface area contributed by atoms with E-state index in [1.54, 1.807) is 0 Å². The van der Waals surface area contributed by atoms with Crippen LogP contribution in [0.5, 0.6) is 0 Å². The van der Waals surface area contributed by atoms with Crippen molar-refractivity contribution in [2.24, 2.45) is 5.73 Å². The van der Waals surface area contributed by atoms with Crippen LogP contribution < -0.4 is 11.1 Å². The lowest BCUT2D eigenvalue weighted by Gasteiger charge is -2.22. The van der Waals surface area contributed by atoms with Crippen molar-refractivity contribution in [2.75, 3.05) is 19.6 Å². The summed E-state index contributed by atoms with van der Waals surface area (Å²) < 4.78 is 0. The van der Waals surface area contributed by atoms with Gasteiger partial charge in [0.1, 0.15) is 0 Å². The van der Waals surface area contributed by atoms with Crippen LogP contribution in [0.3, 0.4) is 0 Å². The molecule has 3 heteroatoms. The maximum Gasteiger partial charge on any atom is 0.0743 e. The van der Waals surface area contributed by atoms with Crippen LogP contribution in [0.4, 0.5) is 0 Å². The molecule has 0 amide bonds. The average molecular weight is 174 g/mol. The molecule has 3 nitrogen and oxygen atoms in total. The smallest absolute Gasteiger partial charge is 0.0743 e. The van der Waals surface area contributed by atoms with Crippen LogP contribution >= 0.6 is 0 Å². The summed E-state index contributed by atoms with van der Waals surface area (Å²) in [6, 6.07) is 0. The highest BCUT2D eigenvalue weighted by Gasteiger charge is 2.17. The van der Waals surface area contributed by atoms with E-state index in [1.165, 1.54) is 0 Å². The van der Waals surface area contributed by atoms with Crippen LogP contribution in [0, 0.1) is 0 Å². The first-order chi connectivity index (χ1) is 5.62. The van der Waals surface area contributed by atoms with E-state index in [2.05, 4.69) is 12.2 Å². The molecule has 1 atom stereocenters. The third-order valence-electron chi connectivity index (χ3n) is 1.85. The maximum absolute atomic E-state index is 9.72. The van der Waals surface area contributed by atoms with Gasteiger partial charge in [0.05, 0.1) is 5.60 Å². The van der Waals surface area contributed by atoms with Gasteiger partial charge in [0.15, 0.2) is 0 Å². The number of nitrogens with two attached hydrogens (primary N) is 1. The minimum Gasteiger partial charge on any atom is -0.389 e. The SMILES string of the molecule is CCCC(C)(O)CNCCCN. The highest BCUT2D eigenvalue weighted by atomic mass is 16.3. The number of rotatable bonds is 7. The number of aliphatic hydroxyl groups is 1. The number of nitrogens with one attached hydrogen (secondary N) is 1. The van der Waals surface area contributed by atoms with Gasteiger partial charge >= 0.3 is 0 Å². The van der Waals surface area contributed by atoms with Crippen molar-refractivity contribution in [3.05, 3.63) is 0 Å². The van der Waals surface area contributed by atoms with Gasteiger partial charge in [0.25, 0.3) is 0 Å². The van der Waals surface area contributed by atoms with Crippen molar-refractivity contribution in [3.8, 4) is 0 Å². The highest BCUT2D eigenvalue weighted by molar-refractivity contribution is 4.74. The summed E-state index contributed by atoms with van der Waals surface area (Å²) in [5.74, 6) is 0. The lowest BCUT2D eigenvalue weighted by molar-refractivity contribution is 0.0503. The quantitative estimate of drug-likeness (QED) is 0.492. The fourth-order valence-electron chi connectivity index (χ4n) is 1.21. The van der Waals surface area contributed by atoms with Gasteiger partial charge in [0.2, 0.25) is 0 Å². The van der Waals surface area contributed by atoms with Crippen LogP contribution in [0.15, 0.2) is 0 Å². The molecule has 0 radical (unpaired) electrons. The largest absolute Gasteiger partial charge is 0.389 e. The molecule has 0 saturated heterocycles. The van der Waals surface area contributed by atoms with E-state index in [0.717, 1.165) is 25.8 Å². The Morgan fingerprint density at radius 2 is 2.17 bits per heavy atom. The second-order valence-electron chi connectivity index (χ2n) is 3.57. The van der Waals surface area contributed by atoms with Crippen molar-refractivity contribution >= 4 is 0 Å². The van der Waals surface area contributed by atoms with Crippen LogP contribution in [-0.4, -0.2) is 30.3 Å². The van der Waals surface area contributed by atoms with E-state index >= 15 is 0 Å². The number of hydrogen-bond acceptors (Lipinski definition) is 3. The van der Waals surface area contributed by atoms with Crippen LogP contribution in [0.1, 0.15) is 33.1 Å². The summed E-state index contributed by atoms with van der Waals surface area (Å²) in [7, 11) is 0. The third-order valence-corrected chi connectivity index (χ3v) is 1.85. The molecule has 0 aliphatic heterocycles. The Kier molecular flexibility index (Phi) is 6.34. The molecule has 0 bridgehead atoms. The average Bonchev–Trinajstić information content (AvgIpc) is 1.98. The van der Waals surface area contributed by atoms with Gasteiger partial charge in [-0.1, -0.05) is 13.3 Å². The van der Waals surface area contributed by atoms with Crippen LogP contribution in [-0.2, 0) is 0 Å². The molecule has 74 valence electrons. The molecule has 0 rings (SSSR count). The molecule has 0 aromatic rings. The van der Waals surface area contributed by atoms with Gasteiger partial charge in [-0.05, 0) is 32.9 Å². The zero-order chi connectivity index (χ0) is 9.45.